The van der Waals surface area contributed by atoms with Gasteiger partial charge in [-0.1, -0.05) is 103 Å². The molecule has 0 amide bonds. The first-order valence-electron chi connectivity index (χ1n) is 9.03. The first-order valence-corrected chi connectivity index (χ1v) is 9.47. The van der Waals surface area contributed by atoms with E-state index >= 15 is 0 Å². The summed E-state index contributed by atoms with van der Waals surface area (Å²) in [4.78, 5) is 0.965. The zero-order valence-electron chi connectivity index (χ0n) is 14.9. The zero-order chi connectivity index (χ0) is 18.5. The van der Waals surface area contributed by atoms with Gasteiger partial charge in [0, 0.05) is 4.90 Å². The molecule has 0 aliphatic carbocycles. The monoisotopic (exact) mass is 364 g/mol. The minimum atomic E-state index is 0.965. The molecular weight excluding hydrogens is 344 g/mol. The van der Waals surface area contributed by atoms with E-state index in [-0.39, 0.29) is 0 Å². The van der Waals surface area contributed by atoms with Crippen LogP contribution in [0.5, 0.6) is 0 Å². The van der Waals surface area contributed by atoms with Crippen LogP contribution in [-0.4, -0.2) is 0 Å². The summed E-state index contributed by atoms with van der Waals surface area (Å²) < 4.78 is 0. The molecule has 0 spiro atoms. The Labute approximate surface area is 166 Å². The van der Waals surface area contributed by atoms with E-state index in [1.165, 1.54) is 33.4 Å². The predicted molar refractivity (Wildman–Crippen MR) is 118 cm³/mol. The second kappa shape index (κ2) is 8.11. The molecule has 0 saturated carbocycles. The maximum absolute atomic E-state index is 4.46. The summed E-state index contributed by atoms with van der Waals surface area (Å²) in [6.07, 6.45) is 0. The molecule has 0 aliphatic heterocycles. The lowest BCUT2D eigenvalue weighted by molar-refractivity contribution is 1.43. The molecule has 27 heavy (non-hydrogen) atoms. The quantitative estimate of drug-likeness (QED) is 0.293. The van der Waals surface area contributed by atoms with Gasteiger partial charge >= 0.3 is 0 Å². The van der Waals surface area contributed by atoms with Gasteiger partial charge in [0.1, 0.15) is 0 Å². The molecule has 0 aromatic heterocycles. The van der Waals surface area contributed by atoms with E-state index in [9.17, 15) is 0 Å². The van der Waals surface area contributed by atoms with Crippen LogP contribution in [0.15, 0.2) is 120 Å². The Morgan fingerprint density at radius 2 is 0.667 bits per heavy atom. The van der Waals surface area contributed by atoms with Crippen molar-refractivity contribution in [2.45, 2.75) is 4.90 Å². The van der Waals surface area contributed by atoms with Gasteiger partial charge in [0.25, 0.3) is 0 Å². The van der Waals surface area contributed by atoms with Gasteiger partial charge in [-0.15, -0.1) is 12.6 Å². The van der Waals surface area contributed by atoms with Crippen molar-refractivity contribution in [3.8, 4) is 0 Å². The molecule has 130 valence electrons. The lowest BCUT2D eigenvalue weighted by Gasteiger charge is -2.18. The summed E-state index contributed by atoms with van der Waals surface area (Å²) in [5.74, 6) is 0. The van der Waals surface area contributed by atoms with Crippen LogP contribution in [0.4, 0.5) is 0 Å². The van der Waals surface area contributed by atoms with Crippen molar-refractivity contribution in [3.63, 3.8) is 0 Å². The van der Waals surface area contributed by atoms with E-state index in [2.05, 4.69) is 128 Å². The standard InChI is InChI=1S/C26H20S/c27-24-18-16-23(17-19-24)26(22-14-8-3-9-15-22)25(20-10-4-1-5-11-20)21-12-6-2-7-13-21/h1-19,27H. The number of hydrogen-bond donors (Lipinski definition) is 1. The van der Waals surface area contributed by atoms with Gasteiger partial charge in [0.05, 0.1) is 0 Å². The van der Waals surface area contributed by atoms with Crippen LogP contribution >= 0.6 is 12.6 Å². The van der Waals surface area contributed by atoms with Gasteiger partial charge in [-0.05, 0) is 45.5 Å². The number of hydrogen-bond acceptors (Lipinski definition) is 1. The normalized spacial score (nSPS) is 10.4. The molecule has 0 heterocycles. The predicted octanol–water partition coefficient (Wildman–Crippen LogP) is 6.98. The minimum absolute atomic E-state index is 0.965. The summed E-state index contributed by atoms with van der Waals surface area (Å²) in [7, 11) is 0. The van der Waals surface area contributed by atoms with E-state index in [0.717, 1.165) is 4.90 Å². The number of rotatable bonds is 4. The second-order valence-electron chi connectivity index (χ2n) is 6.39. The largest absolute Gasteiger partial charge is 0.143 e. The Balaban J connectivity index is 2.08. The van der Waals surface area contributed by atoms with Crippen molar-refractivity contribution in [1.82, 2.24) is 0 Å². The fraction of sp³-hybridized carbons (Fsp3) is 0. The summed E-state index contributed by atoms with van der Waals surface area (Å²) in [6.45, 7) is 0. The van der Waals surface area contributed by atoms with Crippen molar-refractivity contribution in [2.75, 3.05) is 0 Å². The van der Waals surface area contributed by atoms with Crippen molar-refractivity contribution in [1.29, 1.82) is 0 Å². The minimum Gasteiger partial charge on any atom is -0.143 e. The van der Waals surface area contributed by atoms with Crippen LogP contribution in [0.1, 0.15) is 22.3 Å². The van der Waals surface area contributed by atoms with Crippen molar-refractivity contribution < 1.29 is 0 Å². The average Bonchev–Trinajstić information content (AvgIpc) is 2.75. The summed E-state index contributed by atoms with van der Waals surface area (Å²) >= 11 is 4.46. The van der Waals surface area contributed by atoms with E-state index in [1.807, 2.05) is 0 Å². The Hall–Kier alpha value is -3.03. The molecule has 0 N–H and O–H groups in total. The van der Waals surface area contributed by atoms with Crippen molar-refractivity contribution >= 4 is 23.8 Å². The Kier molecular flexibility index (Phi) is 5.22. The summed E-state index contributed by atoms with van der Waals surface area (Å²) in [5, 5.41) is 0. The SMILES string of the molecule is Sc1ccc(C(=C(c2ccccc2)c2ccccc2)c2ccccc2)cc1. The Morgan fingerprint density at radius 3 is 1.00 bits per heavy atom. The molecule has 0 radical (unpaired) electrons. The molecule has 1 heteroatoms. The van der Waals surface area contributed by atoms with Crippen molar-refractivity contribution in [3.05, 3.63) is 138 Å². The molecule has 4 aromatic carbocycles. The lowest BCUT2D eigenvalue weighted by atomic mass is 9.86. The highest BCUT2D eigenvalue weighted by Gasteiger charge is 2.15. The van der Waals surface area contributed by atoms with Gasteiger partial charge in [-0.3, -0.25) is 0 Å². The van der Waals surface area contributed by atoms with Gasteiger partial charge in [-0.25, -0.2) is 0 Å². The molecule has 0 saturated heterocycles. The maximum atomic E-state index is 4.46. The van der Waals surface area contributed by atoms with Gasteiger partial charge in [-0.2, -0.15) is 0 Å². The van der Waals surface area contributed by atoms with Crippen LogP contribution in [0, 0.1) is 0 Å². The Bertz CT molecular complexity index is 990. The summed E-state index contributed by atoms with van der Waals surface area (Å²) in [5.41, 5.74) is 7.25. The fourth-order valence-electron chi connectivity index (χ4n) is 3.35. The molecule has 4 aromatic rings. The highest BCUT2D eigenvalue weighted by atomic mass is 32.1. The van der Waals surface area contributed by atoms with Crippen LogP contribution in [0.3, 0.4) is 0 Å². The van der Waals surface area contributed by atoms with E-state index in [1.54, 1.807) is 0 Å². The smallest absolute Gasteiger partial charge is 0.00404 e. The van der Waals surface area contributed by atoms with E-state index < -0.39 is 0 Å². The topological polar surface area (TPSA) is 0 Å². The van der Waals surface area contributed by atoms with Gasteiger partial charge in [0.2, 0.25) is 0 Å². The highest BCUT2D eigenvalue weighted by molar-refractivity contribution is 7.80. The molecule has 4 rings (SSSR count). The van der Waals surface area contributed by atoms with Crippen molar-refractivity contribution in [2.24, 2.45) is 0 Å². The number of thiol groups is 1. The molecule has 0 nitrogen and oxygen atoms in total. The molecule has 0 atom stereocenters. The highest BCUT2D eigenvalue weighted by Crippen LogP contribution is 2.36. The third-order valence-electron chi connectivity index (χ3n) is 4.59. The molecular formula is C26H20S. The summed E-state index contributed by atoms with van der Waals surface area (Å²) in [6, 6.07) is 40.2. The molecule has 0 fully saturated rings. The number of benzene rings is 4. The molecule has 0 unspecified atom stereocenters. The van der Waals surface area contributed by atoms with Crippen LogP contribution in [0.25, 0.3) is 11.1 Å². The molecule has 0 aliphatic rings. The second-order valence-corrected chi connectivity index (χ2v) is 6.91. The first-order chi connectivity index (χ1) is 13.3. The maximum Gasteiger partial charge on any atom is 0.00404 e. The van der Waals surface area contributed by atoms with Crippen LogP contribution < -0.4 is 0 Å². The van der Waals surface area contributed by atoms with Crippen LogP contribution in [0.2, 0.25) is 0 Å². The van der Waals surface area contributed by atoms with E-state index in [4.69, 9.17) is 0 Å². The van der Waals surface area contributed by atoms with Gasteiger partial charge in [0.15, 0.2) is 0 Å². The third-order valence-corrected chi connectivity index (χ3v) is 4.89. The molecule has 0 bridgehead atoms. The third kappa shape index (κ3) is 3.89. The zero-order valence-corrected chi connectivity index (χ0v) is 15.8. The fourth-order valence-corrected chi connectivity index (χ4v) is 3.50. The first kappa shape index (κ1) is 17.4. The Morgan fingerprint density at radius 1 is 0.370 bits per heavy atom. The lowest BCUT2D eigenvalue weighted by Crippen LogP contribution is -1.97. The van der Waals surface area contributed by atoms with Crippen LogP contribution in [-0.2, 0) is 0 Å². The van der Waals surface area contributed by atoms with Gasteiger partial charge < -0.3 is 0 Å². The van der Waals surface area contributed by atoms with E-state index in [0.29, 0.717) is 0 Å². The average molecular weight is 365 g/mol.